The second-order valence-electron chi connectivity index (χ2n) is 2.90. The van der Waals surface area contributed by atoms with Gasteiger partial charge in [0.2, 0.25) is 0 Å². The molecule has 1 aliphatic rings. The molecule has 0 atom stereocenters. The molecule has 1 rings (SSSR count). The first-order valence-electron chi connectivity index (χ1n) is 3.83. The minimum absolute atomic E-state index is 0.0987. The third kappa shape index (κ3) is 2.12. The Bertz CT molecular complexity index is 276. The van der Waals surface area contributed by atoms with Crippen molar-refractivity contribution in [2.75, 3.05) is 6.54 Å². The second kappa shape index (κ2) is 3.35. The molecule has 0 spiro atoms. The van der Waals surface area contributed by atoms with Crippen LogP contribution in [0.15, 0.2) is 0 Å². The molecule has 1 fully saturated rings. The molecule has 1 aliphatic carbocycles. The number of carbonyl (C=O) groups excluding carboxylic acids is 1. The highest BCUT2D eigenvalue weighted by Crippen LogP contribution is 2.35. The predicted octanol–water partition coefficient (Wildman–Crippen LogP) is -0.464. The van der Waals surface area contributed by atoms with E-state index in [1.807, 2.05) is 0 Å². The van der Waals surface area contributed by atoms with Gasteiger partial charge in [-0.15, -0.1) is 6.42 Å². The van der Waals surface area contributed by atoms with Gasteiger partial charge in [-0.05, 0) is 12.8 Å². The molecule has 0 aromatic carbocycles. The number of carboxylic acids is 1. The molecule has 2 amide bonds. The van der Waals surface area contributed by atoms with E-state index < -0.39 is 17.5 Å². The van der Waals surface area contributed by atoms with E-state index in [2.05, 4.69) is 16.6 Å². The van der Waals surface area contributed by atoms with E-state index in [0.29, 0.717) is 12.8 Å². The zero-order chi connectivity index (χ0) is 9.90. The molecule has 13 heavy (non-hydrogen) atoms. The second-order valence-corrected chi connectivity index (χ2v) is 2.90. The molecule has 5 nitrogen and oxygen atoms in total. The Morgan fingerprint density at radius 2 is 2.15 bits per heavy atom. The normalized spacial score (nSPS) is 16.8. The van der Waals surface area contributed by atoms with Crippen LogP contribution in [0.2, 0.25) is 0 Å². The van der Waals surface area contributed by atoms with Gasteiger partial charge in [-0.25, -0.2) is 9.59 Å². The van der Waals surface area contributed by atoms with Crippen molar-refractivity contribution in [1.29, 1.82) is 0 Å². The number of hydrogen-bond acceptors (Lipinski definition) is 2. The highest BCUT2D eigenvalue weighted by Gasteiger charge is 2.51. The van der Waals surface area contributed by atoms with E-state index in [1.165, 1.54) is 0 Å². The lowest BCUT2D eigenvalue weighted by molar-refractivity contribution is -0.140. The van der Waals surface area contributed by atoms with Crippen LogP contribution in [0.25, 0.3) is 0 Å². The monoisotopic (exact) mass is 182 g/mol. The van der Waals surface area contributed by atoms with E-state index >= 15 is 0 Å². The summed E-state index contributed by atoms with van der Waals surface area (Å²) in [5.74, 6) is 1.22. The van der Waals surface area contributed by atoms with Gasteiger partial charge in [-0.2, -0.15) is 0 Å². The molecule has 0 radical (unpaired) electrons. The van der Waals surface area contributed by atoms with Crippen LogP contribution in [0, 0.1) is 12.3 Å². The van der Waals surface area contributed by atoms with E-state index in [4.69, 9.17) is 11.5 Å². The Morgan fingerprint density at radius 1 is 1.54 bits per heavy atom. The number of nitrogens with one attached hydrogen (secondary N) is 2. The Hall–Kier alpha value is -1.70. The van der Waals surface area contributed by atoms with E-state index in [1.54, 1.807) is 0 Å². The van der Waals surface area contributed by atoms with Gasteiger partial charge in [0.05, 0.1) is 6.54 Å². The highest BCUT2D eigenvalue weighted by molar-refractivity contribution is 5.88. The van der Waals surface area contributed by atoms with Crippen molar-refractivity contribution in [3.8, 4) is 12.3 Å². The maximum absolute atomic E-state index is 11.0. The van der Waals surface area contributed by atoms with Crippen LogP contribution in [-0.2, 0) is 4.79 Å². The standard InChI is InChI=1S/C8H10N2O3/c1-2-5-9-7(13)10-8(3-4-8)6(11)12/h1H,3-5H2,(H,11,12)(H2,9,10,13). The van der Waals surface area contributed by atoms with Gasteiger partial charge in [-0.3, -0.25) is 0 Å². The van der Waals surface area contributed by atoms with Crippen molar-refractivity contribution in [1.82, 2.24) is 10.6 Å². The van der Waals surface area contributed by atoms with E-state index in [9.17, 15) is 9.59 Å². The summed E-state index contributed by atoms with van der Waals surface area (Å²) >= 11 is 0. The molecule has 0 aromatic rings. The van der Waals surface area contributed by atoms with E-state index in [-0.39, 0.29) is 6.54 Å². The average molecular weight is 182 g/mol. The third-order valence-corrected chi connectivity index (χ3v) is 1.86. The van der Waals surface area contributed by atoms with Crippen LogP contribution in [0.3, 0.4) is 0 Å². The van der Waals surface area contributed by atoms with Gasteiger partial charge < -0.3 is 15.7 Å². The zero-order valence-corrected chi connectivity index (χ0v) is 6.96. The van der Waals surface area contributed by atoms with Gasteiger partial charge >= 0.3 is 12.0 Å². The lowest BCUT2D eigenvalue weighted by atomic mass is 10.3. The molecule has 0 aromatic heterocycles. The molecule has 70 valence electrons. The molecule has 3 N–H and O–H groups in total. The van der Waals surface area contributed by atoms with Gasteiger partial charge in [0.25, 0.3) is 0 Å². The lowest BCUT2D eigenvalue weighted by Gasteiger charge is -2.11. The molecule has 0 saturated heterocycles. The number of urea groups is 1. The smallest absolute Gasteiger partial charge is 0.329 e. The van der Waals surface area contributed by atoms with Gasteiger partial charge in [0, 0.05) is 0 Å². The van der Waals surface area contributed by atoms with Crippen molar-refractivity contribution < 1.29 is 14.7 Å². The minimum atomic E-state index is -1.04. The molecular formula is C8H10N2O3. The maximum Gasteiger partial charge on any atom is 0.329 e. The molecule has 5 heteroatoms. The largest absolute Gasteiger partial charge is 0.480 e. The predicted molar refractivity (Wildman–Crippen MR) is 45.0 cm³/mol. The van der Waals surface area contributed by atoms with Crippen LogP contribution in [0.5, 0.6) is 0 Å². The van der Waals surface area contributed by atoms with Crippen molar-refractivity contribution >= 4 is 12.0 Å². The third-order valence-electron chi connectivity index (χ3n) is 1.86. The molecule has 0 bridgehead atoms. The summed E-state index contributed by atoms with van der Waals surface area (Å²) in [5, 5.41) is 13.4. The Kier molecular flexibility index (Phi) is 2.42. The summed E-state index contributed by atoms with van der Waals surface area (Å²) in [7, 11) is 0. The first kappa shape index (κ1) is 9.39. The summed E-state index contributed by atoms with van der Waals surface area (Å²) in [6.07, 6.45) is 5.86. The number of carbonyl (C=O) groups is 2. The van der Waals surface area contributed by atoms with E-state index in [0.717, 1.165) is 0 Å². The average Bonchev–Trinajstić information content (AvgIpc) is 2.82. The summed E-state index contributed by atoms with van der Waals surface area (Å²) in [4.78, 5) is 21.6. The number of terminal acetylenes is 1. The minimum Gasteiger partial charge on any atom is -0.480 e. The van der Waals surface area contributed by atoms with Crippen LogP contribution in [0.4, 0.5) is 4.79 Å². The number of amides is 2. The van der Waals surface area contributed by atoms with Crippen molar-refractivity contribution in [2.24, 2.45) is 0 Å². The first-order valence-corrected chi connectivity index (χ1v) is 3.83. The molecule has 0 aliphatic heterocycles. The summed E-state index contributed by atoms with van der Waals surface area (Å²) in [6.45, 7) is 0.0987. The van der Waals surface area contributed by atoms with Crippen LogP contribution in [-0.4, -0.2) is 29.2 Å². The van der Waals surface area contributed by atoms with Crippen LogP contribution in [0.1, 0.15) is 12.8 Å². The Balaban J connectivity index is 2.37. The van der Waals surface area contributed by atoms with Gasteiger partial charge in [0.1, 0.15) is 5.54 Å². The Labute approximate surface area is 75.5 Å². The van der Waals surface area contributed by atoms with Crippen LogP contribution >= 0.6 is 0 Å². The fourth-order valence-corrected chi connectivity index (χ4v) is 0.910. The van der Waals surface area contributed by atoms with Crippen LogP contribution < -0.4 is 10.6 Å². The fraction of sp³-hybridized carbons (Fsp3) is 0.500. The van der Waals surface area contributed by atoms with Gasteiger partial charge in [0.15, 0.2) is 0 Å². The SMILES string of the molecule is C#CCNC(=O)NC1(C(=O)O)CC1. The number of rotatable bonds is 3. The summed E-state index contributed by atoms with van der Waals surface area (Å²) in [6, 6.07) is -0.530. The van der Waals surface area contributed by atoms with Crippen molar-refractivity contribution in [3.05, 3.63) is 0 Å². The number of hydrogen-bond donors (Lipinski definition) is 3. The highest BCUT2D eigenvalue weighted by atomic mass is 16.4. The van der Waals surface area contributed by atoms with Crippen molar-refractivity contribution in [3.63, 3.8) is 0 Å². The maximum atomic E-state index is 11.0. The first-order chi connectivity index (χ1) is 6.10. The lowest BCUT2D eigenvalue weighted by Crippen LogP contribution is -2.47. The Morgan fingerprint density at radius 3 is 2.54 bits per heavy atom. The van der Waals surface area contributed by atoms with Gasteiger partial charge in [-0.1, -0.05) is 5.92 Å². The van der Waals surface area contributed by atoms with Crippen molar-refractivity contribution in [2.45, 2.75) is 18.4 Å². The fourth-order valence-electron chi connectivity index (χ4n) is 0.910. The topological polar surface area (TPSA) is 78.4 Å². The molecular weight excluding hydrogens is 172 g/mol. The zero-order valence-electron chi connectivity index (χ0n) is 6.96. The number of carboxylic acid groups (broad SMARTS) is 1. The summed E-state index contributed by atoms with van der Waals surface area (Å²) < 4.78 is 0. The molecule has 1 saturated carbocycles. The quantitative estimate of drug-likeness (QED) is 0.516. The molecule has 0 heterocycles. The molecule has 0 unspecified atom stereocenters. The number of aliphatic carboxylic acids is 1. The summed E-state index contributed by atoms with van der Waals surface area (Å²) in [5.41, 5.74) is -1.04.